The van der Waals surface area contributed by atoms with Gasteiger partial charge < -0.3 is 8.98 Å². The monoisotopic (exact) mass is 450 g/mol. The summed E-state index contributed by atoms with van der Waals surface area (Å²) in [6.07, 6.45) is 0.831. The standard InChI is InChI=1S/C25H22N8O/c1-4-21-28-22-14(2)11-15(3)26-24(22)33(21)13-16-9-10-20-19(12-16)27-25(34-20)18-8-6-5-7-17(18)23-29-31-32-30-23/h5-12H,4,13H2,1-3H3,(H,29,30,31,32). The van der Waals surface area contributed by atoms with E-state index < -0.39 is 0 Å². The van der Waals surface area contributed by atoms with Gasteiger partial charge in [-0.05, 0) is 54.5 Å². The van der Waals surface area contributed by atoms with Gasteiger partial charge in [0, 0.05) is 23.2 Å². The van der Waals surface area contributed by atoms with Crippen LogP contribution in [0.15, 0.2) is 52.9 Å². The number of tetrazole rings is 1. The minimum atomic E-state index is 0.496. The topological polar surface area (TPSA) is 111 Å². The van der Waals surface area contributed by atoms with Gasteiger partial charge in [-0.15, -0.1) is 10.2 Å². The highest BCUT2D eigenvalue weighted by molar-refractivity contribution is 5.82. The number of benzene rings is 2. The van der Waals surface area contributed by atoms with Crippen molar-refractivity contribution in [2.24, 2.45) is 0 Å². The molecule has 0 spiro atoms. The van der Waals surface area contributed by atoms with E-state index in [4.69, 9.17) is 19.4 Å². The summed E-state index contributed by atoms with van der Waals surface area (Å²) < 4.78 is 8.30. The minimum absolute atomic E-state index is 0.496. The van der Waals surface area contributed by atoms with Gasteiger partial charge in [0.1, 0.15) is 16.9 Å². The second-order valence-electron chi connectivity index (χ2n) is 8.32. The number of rotatable bonds is 5. The van der Waals surface area contributed by atoms with E-state index in [9.17, 15) is 0 Å². The van der Waals surface area contributed by atoms with Crippen LogP contribution in [0.25, 0.3) is 45.1 Å². The van der Waals surface area contributed by atoms with Gasteiger partial charge in [-0.25, -0.2) is 15.0 Å². The van der Waals surface area contributed by atoms with Crippen molar-refractivity contribution in [2.75, 3.05) is 0 Å². The maximum atomic E-state index is 6.10. The van der Waals surface area contributed by atoms with Crippen molar-refractivity contribution in [3.63, 3.8) is 0 Å². The Morgan fingerprint density at radius 3 is 2.62 bits per heavy atom. The molecule has 1 N–H and O–H groups in total. The lowest BCUT2D eigenvalue weighted by molar-refractivity contribution is 0.620. The zero-order valence-electron chi connectivity index (χ0n) is 19.1. The van der Waals surface area contributed by atoms with Crippen molar-refractivity contribution in [1.29, 1.82) is 0 Å². The fraction of sp³-hybridized carbons (Fsp3) is 0.200. The Morgan fingerprint density at radius 2 is 1.82 bits per heavy atom. The third kappa shape index (κ3) is 3.33. The summed E-state index contributed by atoms with van der Waals surface area (Å²) >= 11 is 0. The van der Waals surface area contributed by atoms with Crippen LogP contribution in [0.2, 0.25) is 0 Å². The van der Waals surface area contributed by atoms with Crippen molar-refractivity contribution in [3.8, 4) is 22.8 Å². The molecule has 0 aliphatic carbocycles. The molecular weight excluding hydrogens is 428 g/mol. The summed E-state index contributed by atoms with van der Waals surface area (Å²) in [6, 6.07) is 15.9. The molecular formula is C25H22N8O. The van der Waals surface area contributed by atoms with Crippen LogP contribution in [-0.4, -0.2) is 40.1 Å². The van der Waals surface area contributed by atoms with Gasteiger partial charge >= 0.3 is 0 Å². The molecule has 0 unspecified atom stereocenters. The van der Waals surface area contributed by atoms with Gasteiger partial charge in [-0.1, -0.05) is 31.2 Å². The maximum absolute atomic E-state index is 6.10. The van der Waals surface area contributed by atoms with E-state index in [1.54, 1.807) is 0 Å². The lowest BCUT2D eigenvalue weighted by Gasteiger charge is -2.08. The van der Waals surface area contributed by atoms with E-state index >= 15 is 0 Å². The lowest BCUT2D eigenvalue weighted by atomic mass is 10.1. The molecule has 34 heavy (non-hydrogen) atoms. The molecule has 9 heteroatoms. The molecule has 4 aromatic heterocycles. The van der Waals surface area contributed by atoms with Gasteiger partial charge in [0.25, 0.3) is 0 Å². The average Bonchev–Trinajstić information content (AvgIpc) is 3.58. The van der Waals surface area contributed by atoms with E-state index in [1.807, 2.05) is 37.3 Å². The molecule has 0 aliphatic rings. The highest BCUT2D eigenvalue weighted by Gasteiger charge is 2.17. The molecule has 168 valence electrons. The Bertz CT molecular complexity index is 1650. The molecule has 9 nitrogen and oxygen atoms in total. The van der Waals surface area contributed by atoms with Crippen LogP contribution in [0.1, 0.15) is 29.6 Å². The molecule has 0 amide bonds. The first-order valence-electron chi connectivity index (χ1n) is 11.2. The second kappa shape index (κ2) is 7.87. The zero-order chi connectivity index (χ0) is 23.2. The molecule has 0 saturated carbocycles. The summed E-state index contributed by atoms with van der Waals surface area (Å²) in [5.41, 5.74) is 8.25. The summed E-state index contributed by atoms with van der Waals surface area (Å²) in [5, 5.41) is 14.4. The molecule has 6 aromatic rings. The number of aryl methyl sites for hydroxylation is 3. The number of pyridine rings is 1. The summed E-state index contributed by atoms with van der Waals surface area (Å²) in [6.45, 7) is 6.88. The Morgan fingerprint density at radius 1 is 0.971 bits per heavy atom. The molecule has 0 aliphatic heterocycles. The molecule has 0 atom stereocenters. The van der Waals surface area contributed by atoms with Crippen LogP contribution in [0, 0.1) is 13.8 Å². The van der Waals surface area contributed by atoms with E-state index in [0.29, 0.717) is 18.3 Å². The zero-order valence-corrected chi connectivity index (χ0v) is 19.1. The van der Waals surface area contributed by atoms with Gasteiger partial charge in [-0.3, -0.25) is 0 Å². The molecule has 0 saturated heterocycles. The predicted molar refractivity (Wildman–Crippen MR) is 128 cm³/mol. The molecule has 4 heterocycles. The van der Waals surface area contributed by atoms with Crippen molar-refractivity contribution < 1.29 is 4.42 Å². The quantitative estimate of drug-likeness (QED) is 0.407. The highest BCUT2D eigenvalue weighted by atomic mass is 16.3. The third-order valence-corrected chi connectivity index (χ3v) is 5.95. The number of fused-ring (bicyclic) bond motifs is 2. The number of hydrogen-bond donors (Lipinski definition) is 1. The molecule has 0 bridgehead atoms. The van der Waals surface area contributed by atoms with E-state index in [1.165, 1.54) is 0 Å². The number of aromatic nitrogens is 8. The Labute approximate surface area is 194 Å². The van der Waals surface area contributed by atoms with Gasteiger partial charge in [0.05, 0.1) is 6.54 Å². The number of nitrogens with zero attached hydrogens (tertiary/aromatic N) is 7. The number of imidazole rings is 1. The van der Waals surface area contributed by atoms with Gasteiger partial charge in [0.2, 0.25) is 11.7 Å². The number of H-pyrrole nitrogens is 1. The molecule has 2 aromatic carbocycles. The van der Waals surface area contributed by atoms with Crippen LogP contribution >= 0.6 is 0 Å². The van der Waals surface area contributed by atoms with E-state index in [0.717, 1.165) is 62.5 Å². The highest BCUT2D eigenvalue weighted by Crippen LogP contribution is 2.32. The third-order valence-electron chi connectivity index (χ3n) is 5.95. The largest absolute Gasteiger partial charge is 0.436 e. The minimum Gasteiger partial charge on any atom is -0.436 e. The number of oxazole rings is 1. The normalized spacial score (nSPS) is 11.6. The van der Waals surface area contributed by atoms with E-state index in [2.05, 4.69) is 57.2 Å². The molecule has 0 radical (unpaired) electrons. The van der Waals surface area contributed by atoms with Crippen LogP contribution in [0.5, 0.6) is 0 Å². The summed E-state index contributed by atoms with van der Waals surface area (Å²) in [7, 11) is 0. The first kappa shape index (κ1) is 20.2. The van der Waals surface area contributed by atoms with Crippen molar-refractivity contribution in [3.05, 3.63) is 71.2 Å². The summed E-state index contributed by atoms with van der Waals surface area (Å²) in [4.78, 5) is 14.4. The SMILES string of the molecule is CCc1nc2c(C)cc(C)nc2n1Cc1ccc2oc(-c3ccccc3-c3nn[nH]n3)nc2c1. The fourth-order valence-electron chi connectivity index (χ4n) is 4.39. The van der Waals surface area contributed by atoms with Crippen LogP contribution in [-0.2, 0) is 13.0 Å². The molecule has 0 fully saturated rings. The van der Waals surface area contributed by atoms with Crippen molar-refractivity contribution in [1.82, 2.24) is 40.1 Å². The van der Waals surface area contributed by atoms with Gasteiger partial charge in [-0.2, -0.15) is 5.21 Å². The first-order valence-corrected chi connectivity index (χ1v) is 11.2. The lowest BCUT2D eigenvalue weighted by Crippen LogP contribution is -2.05. The Kier molecular flexibility index (Phi) is 4.68. The maximum Gasteiger partial charge on any atom is 0.228 e. The number of nitrogens with one attached hydrogen (secondary N) is 1. The number of aromatic amines is 1. The first-order chi connectivity index (χ1) is 16.6. The second-order valence-corrected chi connectivity index (χ2v) is 8.32. The smallest absolute Gasteiger partial charge is 0.228 e. The van der Waals surface area contributed by atoms with Crippen LogP contribution < -0.4 is 0 Å². The van der Waals surface area contributed by atoms with Crippen LogP contribution in [0.4, 0.5) is 0 Å². The van der Waals surface area contributed by atoms with Gasteiger partial charge in [0.15, 0.2) is 11.2 Å². The van der Waals surface area contributed by atoms with Crippen LogP contribution in [0.3, 0.4) is 0 Å². The Balaban J connectivity index is 1.41. The predicted octanol–water partition coefficient (Wildman–Crippen LogP) is 4.65. The Hall–Kier alpha value is -4.40. The molecule has 6 rings (SSSR count). The van der Waals surface area contributed by atoms with Crippen molar-refractivity contribution in [2.45, 2.75) is 33.7 Å². The average molecular weight is 451 g/mol. The van der Waals surface area contributed by atoms with E-state index in [-0.39, 0.29) is 0 Å². The summed E-state index contributed by atoms with van der Waals surface area (Å²) in [5.74, 6) is 2.03. The van der Waals surface area contributed by atoms with Crippen molar-refractivity contribution >= 4 is 22.3 Å². The fourth-order valence-corrected chi connectivity index (χ4v) is 4.39. The number of hydrogen-bond acceptors (Lipinski definition) is 7.